The first kappa shape index (κ1) is 19.9. The molecular formula is C16H27N4O4S+. The lowest BCUT2D eigenvalue weighted by Crippen LogP contribution is -2.58. The van der Waals surface area contributed by atoms with Crippen molar-refractivity contribution in [1.82, 2.24) is 10.2 Å². The number of nitrogens with one attached hydrogen (secondary N) is 1. The van der Waals surface area contributed by atoms with E-state index in [2.05, 4.69) is 5.32 Å². The van der Waals surface area contributed by atoms with Gasteiger partial charge in [-0.25, -0.2) is 4.79 Å². The smallest absolute Gasteiger partial charge is 0.391 e. The Morgan fingerprint density at radius 2 is 2.32 bits per heavy atom. The number of nitrogens with zero attached hydrogens (tertiary/aromatic N) is 2. The molecule has 3 heterocycles. The second-order valence-electron chi connectivity index (χ2n) is 6.14. The number of carbonyl (C=O) groups is 2. The number of rotatable bonds is 3. The van der Waals surface area contributed by atoms with E-state index in [1.165, 1.54) is 23.2 Å². The molecular weight excluding hydrogens is 344 g/mol. The van der Waals surface area contributed by atoms with E-state index in [9.17, 15) is 14.7 Å². The summed E-state index contributed by atoms with van der Waals surface area (Å²) in [5, 5.41) is 15.2. The number of amides is 1. The van der Waals surface area contributed by atoms with E-state index < -0.39 is 18.2 Å². The van der Waals surface area contributed by atoms with Crippen LogP contribution in [0.25, 0.3) is 0 Å². The van der Waals surface area contributed by atoms with E-state index in [1.54, 1.807) is 10.8 Å². The number of hydrogen-bond acceptors (Lipinski definition) is 7. The zero-order chi connectivity index (χ0) is 18.4. The maximum atomic E-state index is 12.5. The van der Waals surface area contributed by atoms with Gasteiger partial charge in [0.25, 0.3) is 0 Å². The standard InChI is InChI=1S/C13H20N3O3S.C3H7NO/c1-8(17)11(14)13(19)16-5-3-4-10(16)12(18)15-6-7-20-9(15)2;1-2-5-3-4-1/h6-8,10-11,17H,3-5,14H2,1-2H3;4H,1-3H2/q+1;/t8?,10-,11?;/m0./s1. The van der Waals surface area contributed by atoms with Gasteiger partial charge in [0.1, 0.15) is 6.04 Å². The third-order valence-electron chi connectivity index (χ3n) is 4.28. The molecule has 8 nitrogen and oxygen atoms in total. The van der Waals surface area contributed by atoms with E-state index >= 15 is 0 Å². The highest BCUT2D eigenvalue weighted by molar-refractivity contribution is 7.09. The fourth-order valence-electron chi connectivity index (χ4n) is 2.79. The van der Waals surface area contributed by atoms with Gasteiger partial charge in [-0.1, -0.05) is 11.3 Å². The number of thiazole rings is 1. The Kier molecular flexibility index (Phi) is 7.45. The number of nitrogens with two attached hydrogens (primary N) is 1. The van der Waals surface area contributed by atoms with Gasteiger partial charge < -0.3 is 20.5 Å². The third-order valence-corrected chi connectivity index (χ3v) is 5.07. The molecule has 2 saturated heterocycles. The molecule has 1 aromatic heterocycles. The van der Waals surface area contributed by atoms with Gasteiger partial charge in [-0.3, -0.25) is 10.1 Å². The molecule has 140 valence electrons. The van der Waals surface area contributed by atoms with Crippen LogP contribution in [0, 0.1) is 6.92 Å². The largest absolute Gasteiger partial charge is 0.415 e. The summed E-state index contributed by atoms with van der Waals surface area (Å²) >= 11 is 1.49. The van der Waals surface area contributed by atoms with Gasteiger partial charge in [-0.15, -0.1) is 4.57 Å². The number of aliphatic hydroxyl groups excluding tert-OH is 1. The molecule has 0 aromatic carbocycles. The van der Waals surface area contributed by atoms with Crippen molar-refractivity contribution in [3.8, 4) is 0 Å². The monoisotopic (exact) mass is 371 g/mol. The molecule has 3 atom stereocenters. The summed E-state index contributed by atoms with van der Waals surface area (Å²) in [7, 11) is 0. The van der Waals surface area contributed by atoms with Crippen molar-refractivity contribution >= 4 is 23.2 Å². The molecule has 0 saturated carbocycles. The highest BCUT2D eigenvalue weighted by Crippen LogP contribution is 2.19. The van der Waals surface area contributed by atoms with Crippen molar-refractivity contribution in [3.05, 3.63) is 16.6 Å². The van der Waals surface area contributed by atoms with Crippen LogP contribution in [0.4, 0.5) is 0 Å². The fraction of sp³-hybridized carbons (Fsp3) is 0.688. The lowest BCUT2D eigenvalue weighted by atomic mass is 10.1. The van der Waals surface area contributed by atoms with Crippen LogP contribution in [0.15, 0.2) is 11.6 Å². The van der Waals surface area contributed by atoms with Gasteiger partial charge in [0.2, 0.25) is 10.9 Å². The van der Waals surface area contributed by atoms with E-state index in [-0.39, 0.29) is 11.8 Å². The first-order valence-corrected chi connectivity index (χ1v) is 9.34. The Labute approximate surface area is 151 Å². The quantitative estimate of drug-likeness (QED) is 0.603. The number of aliphatic hydroxyl groups is 1. The molecule has 3 rings (SSSR count). The Balaban J connectivity index is 0.000000386. The summed E-state index contributed by atoms with van der Waals surface area (Å²) in [6.45, 7) is 6.53. The minimum absolute atomic E-state index is 0.104. The molecule has 25 heavy (non-hydrogen) atoms. The van der Waals surface area contributed by atoms with Gasteiger partial charge in [0, 0.05) is 20.0 Å². The molecule has 0 bridgehead atoms. The Bertz CT molecular complexity index is 581. The van der Waals surface area contributed by atoms with Crippen LogP contribution in [-0.2, 0) is 9.53 Å². The van der Waals surface area contributed by atoms with Gasteiger partial charge in [0.05, 0.1) is 24.8 Å². The summed E-state index contributed by atoms with van der Waals surface area (Å²) in [4.78, 5) is 26.3. The van der Waals surface area contributed by atoms with Crippen LogP contribution >= 0.6 is 11.3 Å². The van der Waals surface area contributed by atoms with Crippen LogP contribution in [-0.4, -0.2) is 66.4 Å². The Morgan fingerprint density at radius 1 is 1.56 bits per heavy atom. The molecule has 0 radical (unpaired) electrons. The van der Waals surface area contributed by atoms with E-state index in [0.717, 1.165) is 31.3 Å². The fourth-order valence-corrected chi connectivity index (χ4v) is 3.43. The molecule has 2 aliphatic heterocycles. The predicted molar refractivity (Wildman–Crippen MR) is 93.1 cm³/mol. The predicted octanol–water partition coefficient (Wildman–Crippen LogP) is -0.753. The van der Waals surface area contributed by atoms with Crippen LogP contribution in [0.2, 0.25) is 0 Å². The SMILES string of the molecule is C1COCN1.Cc1scc[n+]1C(=O)[C@@H]1CCCN1C(=O)C(N)C(C)O. The number of aromatic nitrogens is 1. The number of hydrogen-bond donors (Lipinski definition) is 3. The zero-order valence-corrected chi connectivity index (χ0v) is 15.5. The average molecular weight is 371 g/mol. The van der Waals surface area contributed by atoms with Crippen molar-refractivity contribution in [2.75, 3.05) is 26.4 Å². The average Bonchev–Trinajstić information content (AvgIpc) is 3.34. The minimum atomic E-state index is -0.975. The molecule has 0 spiro atoms. The first-order chi connectivity index (χ1) is 11.9. The summed E-state index contributed by atoms with van der Waals surface area (Å²) in [5.74, 6) is -0.461. The Hall–Kier alpha value is -1.39. The van der Waals surface area contributed by atoms with Gasteiger partial charge in [0.15, 0.2) is 12.2 Å². The number of likely N-dealkylation sites (tertiary alicyclic amines) is 1. The van der Waals surface area contributed by atoms with Crippen LogP contribution in [0.3, 0.4) is 0 Å². The molecule has 2 fully saturated rings. The number of ether oxygens (including phenoxy) is 1. The van der Waals surface area contributed by atoms with Crippen molar-refractivity contribution < 1.29 is 24.0 Å². The minimum Gasteiger partial charge on any atom is -0.391 e. The van der Waals surface area contributed by atoms with Crippen molar-refractivity contribution in [1.29, 1.82) is 0 Å². The Morgan fingerprint density at radius 3 is 2.80 bits per heavy atom. The molecule has 4 N–H and O–H groups in total. The van der Waals surface area contributed by atoms with E-state index in [1.807, 2.05) is 12.3 Å². The van der Waals surface area contributed by atoms with E-state index in [4.69, 9.17) is 10.5 Å². The molecule has 9 heteroatoms. The van der Waals surface area contributed by atoms with Crippen molar-refractivity contribution in [3.63, 3.8) is 0 Å². The number of aryl methyl sites for hydroxylation is 1. The topological polar surface area (TPSA) is 109 Å². The van der Waals surface area contributed by atoms with Gasteiger partial charge in [-0.2, -0.15) is 0 Å². The summed E-state index contributed by atoms with van der Waals surface area (Å²) < 4.78 is 6.41. The maximum Gasteiger partial charge on any atom is 0.415 e. The van der Waals surface area contributed by atoms with Crippen LogP contribution in [0.1, 0.15) is 29.6 Å². The zero-order valence-electron chi connectivity index (χ0n) is 14.7. The highest BCUT2D eigenvalue weighted by Gasteiger charge is 2.42. The molecule has 2 aliphatic rings. The summed E-state index contributed by atoms with van der Waals surface area (Å²) in [6, 6.07) is -1.46. The lowest BCUT2D eigenvalue weighted by molar-refractivity contribution is -0.577. The van der Waals surface area contributed by atoms with Crippen LogP contribution < -0.4 is 15.6 Å². The summed E-state index contributed by atoms with van der Waals surface area (Å²) in [5.41, 5.74) is 5.69. The molecule has 1 aromatic rings. The van der Waals surface area contributed by atoms with Crippen molar-refractivity contribution in [2.24, 2.45) is 5.73 Å². The number of carbonyl (C=O) groups excluding carboxylic acids is 2. The van der Waals surface area contributed by atoms with Gasteiger partial charge >= 0.3 is 5.91 Å². The van der Waals surface area contributed by atoms with Crippen molar-refractivity contribution in [2.45, 2.75) is 44.9 Å². The third kappa shape index (κ3) is 5.05. The second-order valence-corrected chi connectivity index (χ2v) is 7.24. The van der Waals surface area contributed by atoms with Crippen LogP contribution in [0.5, 0.6) is 0 Å². The van der Waals surface area contributed by atoms with Gasteiger partial charge in [-0.05, 0) is 19.8 Å². The lowest BCUT2D eigenvalue weighted by Gasteiger charge is -2.25. The molecule has 1 amide bonds. The van der Waals surface area contributed by atoms with E-state index in [0.29, 0.717) is 13.0 Å². The maximum absolute atomic E-state index is 12.5. The molecule has 2 unspecified atom stereocenters. The normalized spacial score (nSPS) is 22.2. The molecule has 0 aliphatic carbocycles. The highest BCUT2D eigenvalue weighted by atomic mass is 32.1. The second kappa shape index (κ2) is 9.35. The first-order valence-electron chi connectivity index (χ1n) is 8.46. The summed E-state index contributed by atoms with van der Waals surface area (Å²) in [6.07, 6.45) is 2.21.